The molecule has 6 nitrogen and oxygen atoms in total. The molecule has 0 aromatic rings. The third kappa shape index (κ3) is 849. The van der Waals surface area contributed by atoms with Crippen molar-refractivity contribution in [1.29, 1.82) is 0 Å². The first-order valence-corrected chi connectivity index (χ1v) is 0.565. The molecule has 42 valence electrons. The Bertz CT molecular complexity index is 32.7. The van der Waals surface area contributed by atoms with Crippen LogP contribution in [0.1, 0.15) is 0 Å². The molecular formula is H6CaN2O4. The molecule has 6 N–H and O–H groups in total. The van der Waals surface area contributed by atoms with Gasteiger partial charge in [-0.25, -0.2) is 0 Å². The van der Waals surface area contributed by atoms with Crippen molar-refractivity contribution in [2.24, 2.45) is 0 Å². The first-order chi connectivity index (χ1) is 1.73. The molecule has 0 saturated heterocycles. The van der Waals surface area contributed by atoms with Crippen LogP contribution in [-0.4, -0.2) is 53.5 Å². The Kier molecular flexibility index (Phi) is 60.7. The smallest absolute Gasteiger partial charge is 0.291 e. The Hall–Kier alpha value is 0.380. The summed E-state index contributed by atoms with van der Waals surface area (Å²) in [5.41, 5.74) is 0. The predicted molar refractivity (Wildman–Crippen MR) is 23.2 cm³/mol. The normalized spacial score (nSPS) is 3.43. The molecule has 0 bridgehead atoms. The van der Waals surface area contributed by atoms with E-state index in [2.05, 4.69) is 0 Å². The maximum Gasteiger partial charge on any atom is 0.291 e. The molecule has 0 fully saturated rings. The molecule has 0 aliphatic heterocycles. The average Bonchev–Trinajstić information content (AvgIpc) is 0.811. The van der Waals surface area contributed by atoms with E-state index in [9.17, 15) is 0 Å². The zero-order chi connectivity index (χ0) is 3.58. The van der Waals surface area contributed by atoms with Crippen LogP contribution in [0.4, 0.5) is 0 Å². The van der Waals surface area contributed by atoms with Gasteiger partial charge in [0, 0.05) is 37.7 Å². The van der Waals surface area contributed by atoms with E-state index in [1.807, 2.05) is 0 Å². The van der Waals surface area contributed by atoms with Crippen LogP contribution in [0, 0.1) is 10.1 Å². The van der Waals surface area contributed by atoms with Gasteiger partial charge < -0.3 is 16.8 Å². The van der Waals surface area contributed by atoms with Gasteiger partial charge >= 0.3 is 0 Å². The van der Waals surface area contributed by atoms with Gasteiger partial charge in [-0.15, -0.1) is 10.1 Å². The van der Waals surface area contributed by atoms with E-state index in [0.717, 1.165) is 0 Å². The molecule has 0 atom stereocenters. The Morgan fingerprint density at radius 2 is 1.57 bits per heavy atom. The molecular weight excluding hydrogens is 132 g/mol. The summed E-state index contributed by atoms with van der Waals surface area (Å²) in [7, 11) is 0. The number of hydrogen-bond acceptors (Lipinski definition) is 3. The van der Waals surface area contributed by atoms with Crippen LogP contribution in [0.3, 0.4) is 0 Å². The fraction of sp³-hybridized carbons (Fsp3) is 0. The second-order valence-electron chi connectivity index (χ2n) is 0.238. The molecule has 7 heavy (non-hydrogen) atoms. The van der Waals surface area contributed by atoms with Gasteiger partial charge in [-0.1, -0.05) is 0 Å². The predicted octanol–water partition coefficient (Wildman–Crippen LogP) is -1.39. The summed E-state index contributed by atoms with van der Waals surface area (Å²) >= 11 is 0. The molecule has 0 saturated carbocycles. The molecule has 0 heterocycles. The Labute approximate surface area is 69.5 Å². The van der Waals surface area contributed by atoms with Gasteiger partial charge in [0.25, 0.3) is 5.09 Å². The molecule has 0 amide bonds. The summed E-state index contributed by atoms with van der Waals surface area (Å²) in [6, 6.07) is 0. The van der Waals surface area contributed by atoms with Crippen LogP contribution >= 0.6 is 0 Å². The summed E-state index contributed by atoms with van der Waals surface area (Å²) < 4.78 is 0. The zero-order valence-corrected chi connectivity index (χ0v) is 5.83. The SMILES string of the molecule is N.O.O=[N+]([O-])O.[Ca]. The fourth-order valence-corrected chi connectivity index (χ4v) is 0. The molecule has 0 aliphatic carbocycles. The zero-order valence-electron chi connectivity index (χ0n) is 3.63. The third-order valence-electron chi connectivity index (χ3n) is 0. The van der Waals surface area contributed by atoms with Gasteiger partial charge in [0.2, 0.25) is 0 Å². The van der Waals surface area contributed by atoms with E-state index in [-0.39, 0.29) is 49.4 Å². The molecule has 0 unspecified atom stereocenters. The van der Waals surface area contributed by atoms with Crippen molar-refractivity contribution < 1.29 is 15.8 Å². The largest absolute Gasteiger partial charge is 0.412 e. The molecule has 0 rings (SSSR count). The number of rotatable bonds is 0. The van der Waals surface area contributed by atoms with Crippen LogP contribution in [-0.2, 0) is 0 Å². The van der Waals surface area contributed by atoms with Crippen molar-refractivity contribution in [1.82, 2.24) is 6.15 Å². The van der Waals surface area contributed by atoms with E-state index in [1.165, 1.54) is 0 Å². The average molecular weight is 138 g/mol. The van der Waals surface area contributed by atoms with E-state index >= 15 is 0 Å². The van der Waals surface area contributed by atoms with Crippen molar-refractivity contribution in [3.8, 4) is 0 Å². The van der Waals surface area contributed by atoms with Crippen LogP contribution in [0.2, 0.25) is 0 Å². The van der Waals surface area contributed by atoms with Gasteiger partial charge in [0.15, 0.2) is 0 Å². The minimum absolute atomic E-state index is 0. The first-order valence-electron chi connectivity index (χ1n) is 0.565. The van der Waals surface area contributed by atoms with E-state index in [4.69, 9.17) is 15.3 Å². The Morgan fingerprint density at radius 3 is 1.57 bits per heavy atom. The Morgan fingerprint density at radius 1 is 1.57 bits per heavy atom. The standard InChI is InChI=1S/Ca.HNO3.H3N.H2O/c;2-1(3)4;;/h;(H,2,3,4);1H3;1H2. The topological polar surface area (TPSA) is 130 Å². The fourth-order valence-electron chi connectivity index (χ4n) is 0. The maximum atomic E-state index is 8.36. The first kappa shape index (κ1) is 26.3. The summed E-state index contributed by atoms with van der Waals surface area (Å²) in [5, 5.41) is 13.6. The molecule has 0 aromatic heterocycles. The van der Waals surface area contributed by atoms with Crippen molar-refractivity contribution in [3.05, 3.63) is 10.1 Å². The quantitative estimate of drug-likeness (QED) is 0.242. The third-order valence-corrected chi connectivity index (χ3v) is 0. The molecule has 0 spiro atoms. The van der Waals surface area contributed by atoms with Crippen molar-refractivity contribution >= 4 is 37.7 Å². The number of nitrogens with zero attached hydrogens (tertiary/aromatic N) is 1. The van der Waals surface area contributed by atoms with Crippen LogP contribution in [0.15, 0.2) is 0 Å². The summed E-state index contributed by atoms with van der Waals surface area (Å²) in [6.45, 7) is 0. The van der Waals surface area contributed by atoms with E-state index in [0.29, 0.717) is 0 Å². The van der Waals surface area contributed by atoms with Gasteiger partial charge in [0.1, 0.15) is 0 Å². The molecule has 0 aliphatic rings. The van der Waals surface area contributed by atoms with Crippen LogP contribution < -0.4 is 6.15 Å². The molecule has 0 aromatic carbocycles. The van der Waals surface area contributed by atoms with Gasteiger partial charge in [0.05, 0.1) is 0 Å². The van der Waals surface area contributed by atoms with Crippen molar-refractivity contribution in [2.75, 3.05) is 0 Å². The number of hydrogen-bond donors (Lipinski definition) is 2. The Balaban J connectivity index is -0.0000000150. The monoisotopic (exact) mass is 138 g/mol. The summed E-state index contributed by atoms with van der Waals surface area (Å²) in [6.07, 6.45) is 0. The minimum atomic E-state index is -1.50. The summed E-state index contributed by atoms with van der Waals surface area (Å²) in [5.74, 6) is 0. The minimum Gasteiger partial charge on any atom is -0.412 e. The summed E-state index contributed by atoms with van der Waals surface area (Å²) in [4.78, 5) is 8.36. The van der Waals surface area contributed by atoms with Crippen molar-refractivity contribution in [2.45, 2.75) is 0 Å². The molecule has 2 radical (unpaired) electrons. The van der Waals surface area contributed by atoms with Crippen LogP contribution in [0.5, 0.6) is 0 Å². The van der Waals surface area contributed by atoms with E-state index in [1.54, 1.807) is 0 Å². The van der Waals surface area contributed by atoms with Gasteiger partial charge in [-0.3, -0.25) is 0 Å². The van der Waals surface area contributed by atoms with Gasteiger partial charge in [-0.05, 0) is 0 Å². The second-order valence-corrected chi connectivity index (χ2v) is 0.238. The maximum absolute atomic E-state index is 8.36. The van der Waals surface area contributed by atoms with Crippen LogP contribution in [0.25, 0.3) is 0 Å². The van der Waals surface area contributed by atoms with Crippen molar-refractivity contribution in [3.63, 3.8) is 0 Å². The van der Waals surface area contributed by atoms with Gasteiger partial charge in [-0.2, -0.15) is 0 Å². The molecule has 7 heteroatoms. The van der Waals surface area contributed by atoms with E-state index < -0.39 is 5.09 Å². The second kappa shape index (κ2) is 16.2.